The zero-order valence-electron chi connectivity index (χ0n) is 12.0. The van der Waals surface area contributed by atoms with E-state index in [0.717, 1.165) is 11.1 Å². The molecule has 124 valence electrons. The molecule has 3 rings (SSSR count). The Morgan fingerprint density at radius 2 is 1.79 bits per heavy atom. The highest BCUT2D eigenvalue weighted by molar-refractivity contribution is 5.57. The van der Waals surface area contributed by atoms with Gasteiger partial charge in [-0.25, -0.2) is 13.2 Å². The first-order chi connectivity index (χ1) is 11.6. The number of aliphatic hydroxyl groups excluding tert-OH is 1. The molecule has 0 fully saturated rings. The van der Waals surface area contributed by atoms with E-state index in [1.54, 1.807) is 0 Å². The van der Waals surface area contributed by atoms with E-state index in [9.17, 15) is 18.3 Å². The Kier molecular flexibility index (Phi) is 4.47. The minimum absolute atomic E-state index is 0.0478. The predicted molar refractivity (Wildman–Crippen MR) is 75.4 cm³/mol. The van der Waals surface area contributed by atoms with Crippen molar-refractivity contribution in [1.82, 2.24) is 30.2 Å². The van der Waals surface area contributed by atoms with Crippen LogP contribution in [0.5, 0.6) is 0 Å². The van der Waals surface area contributed by atoms with Gasteiger partial charge in [0.1, 0.15) is 18.0 Å². The summed E-state index contributed by atoms with van der Waals surface area (Å²) < 4.78 is 38.8. The summed E-state index contributed by atoms with van der Waals surface area (Å²) in [5, 5.41) is 20.4. The van der Waals surface area contributed by atoms with Gasteiger partial charge < -0.3 is 5.11 Å². The highest BCUT2D eigenvalue weighted by atomic mass is 19.3. The Labute approximate surface area is 133 Å². The SMILES string of the molecule is OC(C(F)F)C(c1cnc(-c2ccc(F)cc2)cn1)n1ncnn1. The van der Waals surface area contributed by atoms with Crippen LogP contribution in [0.25, 0.3) is 11.3 Å². The number of hydrogen-bond acceptors (Lipinski definition) is 6. The molecular formula is C14H11F3N6O. The third-order valence-electron chi connectivity index (χ3n) is 3.31. The number of halogens is 3. The average molecular weight is 336 g/mol. The van der Waals surface area contributed by atoms with Gasteiger partial charge in [-0.3, -0.25) is 9.97 Å². The molecule has 0 aliphatic rings. The maximum atomic E-state index is 12.9. The zero-order chi connectivity index (χ0) is 17.1. The first-order valence-electron chi connectivity index (χ1n) is 6.83. The molecule has 0 aliphatic carbocycles. The van der Waals surface area contributed by atoms with Gasteiger partial charge in [-0.1, -0.05) is 0 Å². The van der Waals surface area contributed by atoms with Gasteiger partial charge in [0.05, 0.1) is 23.8 Å². The fraction of sp³-hybridized carbons (Fsp3) is 0.214. The summed E-state index contributed by atoms with van der Waals surface area (Å²) in [6.07, 6.45) is -1.47. The summed E-state index contributed by atoms with van der Waals surface area (Å²) in [5.74, 6) is -0.388. The van der Waals surface area contributed by atoms with E-state index in [1.165, 1.54) is 36.7 Å². The molecule has 10 heteroatoms. The van der Waals surface area contributed by atoms with E-state index >= 15 is 0 Å². The van der Waals surface area contributed by atoms with E-state index in [0.29, 0.717) is 11.3 Å². The van der Waals surface area contributed by atoms with Gasteiger partial charge in [-0.2, -0.15) is 4.80 Å². The van der Waals surface area contributed by atoms with Crippen LogP contribution in [0.2, 0.25) is 0 Å². The van der Waals surface area contributed by atoms with Crippen LogP contribution in [0.15, 0.2) is 43.0 Å². The Bertz CT molecular complexity index is 779. The van der Waals surface area contributed by atoms with Gasteiger partial charge in [-0.05, 0) is 29.5 Å². The molecule has 1 aromatic carbocycles. The number of nitrogens with zero attached hydrogens (tertiary/aromatic N) is 6. The quantitative estimate of drug-likeness (QED) is 0.759. The van der Waals surface area contributed by atoms with Crippen LogP contribution in [0, 0.1) is 5.82 Å². The fourth-order valence-corrected chi connectivity index (χ4v) is 2.13. The number of aliphatic hydroxyl groups is 1. The number of rotatable bonds is 5. The van der Waals surface area contributed by atoms with Crippen molar-refractivity contribution in [3.63, 3.8) is 0 Å². The van der Waals surface area contributed by atoms with E-state index < -0.39 is 18.6 Å². The normalized spacial score (nSPS) is 13.9. The van der Waals surface area contributed by atoms with Gasteiger partial charge in [0.15, 0.2) is 6.33 Å². The van der Waals surface area contributed by atoms with E-state index in [2.05, 4.69) is 25.4 Å². The first-order valence-corrected chi connectivity index (χ1v) is 6.83. The maximum Gasteiger partial charge on any atom is 0.266 e. The Morgan fingerprint density at radius 3 is 2.33 bits per heavy atom. The summed E-state index contributed by atoms with van der Waals surface area (Å²) >= 11 is 0. The van der Waals surface area contributed by atoms with Crippen LogP contribution in [0.3, 0.4) is 0 Å². The van der Waals surface area contributed by atoms with Crippen molar-refractivity contribution in [2.75, 3.05) is 0 Å². The number of alkyl halides is 2. The summed E-state index contributed by atoms with van der Waals surface area (Å²) in [6, 6.07) is 4.25. The minimum atomic E-state index is -3.03. The second-order valence-electron chi connectivity index (χ2n) is 4.86. The van der Waals surface area contributed by atoms with Crippen LogP contribution >= 0.6 is 0 Å². The highest BCUT2D eigenvalue weighted by Gasteiger charge is 2.33. The molecule has 3 aromatic rings. The lowest BCUT2D eigenvalue weighted by atomic mass is 10.1. The monoisotopic (exact) mass is 336 g/mol. The molecule has 2 unspecified atom stereocenters. The van der Waals surface area contributed by atoms with Gasteiger partial charge in [0.25, 0.3) is 6.43 Å². The van der Waals surface area contributed by atoms with Crippen LogP contribution in [0.4, 0.5) is 13.2 Å². The number of aromatic nitrogens is 6. The molecule has 2 heterocycles. The number of hydrogen-bond donors (Lipinski definition) is 1. The highest BCUT2D eigenvalue weighted by Crippen LogP contribution is 2.24. The van der Waals surface area contributed by atoms with Crippen molar-refractivity contribution in [3.8, 4) is 11.3 Å². The lowest BCUT2D eigenvalue weighted by Crippen LogP contribution is -2.33. The third-order valence-corrected chi connectivity index (χ3v) is 3.31. The molecule has 0 spiro atoms. The molecule has 7 nitrogen and oxygen atoms in total. The maximum absolute atomic E-state index is 12.9. The van der Waals surface area contributed by atoms with Gasteiger partial charge in [-0.15, -0.1) is 10.2 Å². The zero-order valence-corrected chi connectivity index (χ0v) is 12.0. The van der Waals surface area contributed by atoms with Crippen LogP contribution < -0.4 is 0 Å². The molecule has 0 radical (unpaired) electrons. The molecule has 0 aliphatic heterocycles. The standard InChI is InChI=1S/C14H11F3N6O/c15-9-3-1-8(2-4-9)10-5-19-11(6-18-10)12(13(24)14(16)17)23-21-7-20-22-23/h1-7,12-14,24H. The lowest BCUT2D eigenvalue weighted by molar-refractivity contribution is -0.0319. The first kappa shape index (κ1) is 16.0. The van der Waals surface area contributed by atoms with Gasteiger partial charge in [0.2, 0.25) is 0 Å². The smallest absolute Gasteiger partial charge is 0.266 e. The fourth-order valence-electron chi connectivity index (χ4n) is 2.13. The Balaban J connectivity index is 1.93. The molecule has 24 heavy (non-hydrogen) atoms. The van der Waals surface area contributed by atoms with E-state index in [4.69, 9.17) is 0 Å². The summed E-state index contributed by atoms with van der Waals surface area (Å²) in [6.45, 7) is 0. The molecular weight excluding hydrogens is 325 g/mol. The molecule has 2 aromatic heterocycles. The molecule has 0 bridgehead atoms. The van der Waals surface area contributed by atoms with Gasteiger partial charge in [0, 0.05) is 5.56 Å². The second-order valence-corrected chi connectivity index (χ2v) is 4.86. The van der Waals surface area contributed by atoms with Crippen LogP contribution in [-0.4, -0.2) is 47.8 Å². The number of tetrazole rings is 1. The Hall–Kier alpha value is -2.88. The lowest BCUT2D eigenvalue weighted by Gasteiger charge is -2.20. The minimum Gasteiger partial charge on any atom is -0.384 e. The van der Waals surface area contributed by atoms with E-state index in [1.807, 2.05) is 0 Å². The summed E-state index contributed by atoms with van der Waals surface area (Å²) in [4.78, 5) is 9.03. The van der Waals surface area contributed by atoms with Gasteiger partial charge >= 0.3 is 0 Å². The molecule has 1 N–H and O–H groups in total. The third kappa shape index (κ3) is 3.23. The molecule has 0 saturated carbocycles. The van der Waals surface area contributed by atoms with Crippen LogP contribution in [-0.2, 0) is 0 Å². The number of benzene rings is 1. The van der Waals surface area contributed by atoms with E-state index in [-0.39, 0.29) is 11.5 Å². The predicted octanol–water partition coefficient (Wildman–Crippen LogP) is 1.48. The van der Waals surface area contributed by atoms with Crippen molar-refractivity contribution in [2.24, 2.45) is 0 Å². The average Bonchev–Trinajstić information content (AvgIpc) is 3.10. The second kappa shape index (κ2) is 6.71. The molecule has 0 saturated heterocycles. The van der Waals surface area contributed by atoms with Crippen molar-refractivity contribution in [3.05, 3.63) is 54.5 Å². The Morgan fingerprint density at radius 1 is 1.04 bits per heavy atom. The summed E-state index contributed by atoms with van der Waals surface area (Å²) in [7, 11) is 0. The topological polar surface area (TPSA) is 89.6 Å². The largest absolute Gasteiger partial charge is 0.384 e. The molecule has 2 atom stereocenters. The van der Waals surface area contributed by atoms with Crippen molar-refractivity contribution in [1.29, 1.82) is 0 Å². The van der Waals surface area contributed by atoms with Crippen molar-refractivity contribution in [2.45, 2.75) is 18.6 Å². The summed E-state index contributed by atoms with van der Waals surface area (Å²) in [5.41, 5.74) is 1.09. The molecule has 0 amide bonds. The van der Waals surface area contributed by atoms with Crippen molar-refractivity contribution >= 4 is 0 Å². The van der Waals surface area contributed by atoms with Crippen molar-refractivity contribution < 1.29 is 18.3 Å². The van der Waals surface area contributed by atoms with Crippen LogP contribution in [0.1, 0.15) is 11.7 Å².